The Kier molecular flexibility index (Phi) is 6.96. The zero-order valence-electron chi connectivity index (χ0n) is 18.9. The zero-order valence-corrected chi connectivity index (χ0v) is 18.9. The van der Waals surface area contributed by atoms with Crippen LogP contribution in [0.15, 0.2) is 66.9 Å². The van der Waals surface area contributed by atoms with E-state index in [4.69, 9.17) is 14.6 Å². The number of para-hydroxylation sites is 1. The van der Waals surface area contributed by atoms with E-state index in [0.29, 0.717) is 5.52 Å². The van der Waals surface area contributed by atoms with Gasteiger partial charge in [0.2, 0.25) is 5.88 Å². The first-order chi connectivity index (χ1) is 17.4. The standard InChI is InChI=1S/C22H18F2N4O2.C2HF3O2/c23-22(24)10-12-27(21(29)18-13-16-6-3-4-11-28(16)26-18)14-19(22)30-20-9-8-15-5-1-2-7-17(15)25-20;3-2(4,5)1(6)7/h1-9,11,13,19H,10,12,14H2;(H,6,7)/t19-;/m0./s1. The highest BCUT2D eigenvalue weighted by atomic mass is 19.4. The van der Waals surface area contributed by atoms with E-state index < -0.39 is 36.5 Å². The minimum atomic E-state index is -5.08. The summed E-state index contributed by atoms with van der Waals surface area (Å²) in [6.45, 7) is -0.307. The van der Waals surface area contributed by atoms with Crippen molar-refractivity contribution in [2.24, 2.45) is 0 Å². The Hall–Kier alpha value is -4.29. The van der Waals surface area contributed by atoms with Gasteiger partial charge in [-0.2, -0.15) is 18.3 Å². The van der Waals surface area contributed by atoms with Crippen LogP contribution in [0.3, 0.4) is 0 Å². The number of carboxylic acids is 1. The van der Waals surface area contributed by atoms with Crippen molar-refractivity contribution >= 4 is 28.3 Å². The summed E-state index contributed by atoms with van der Waals surface area (Å²) in [5.74, 6) is -6.11. The lowest BCUT2D eigenvalue weighted by Crippen LogP contribution is -2.55. The van der Waals surface area contributed by atoms with Crippen molar-refractivity contribution < 1.29 is 41.4 Å². The Morgan fingerprint density at radius 3 is 2.46 bits per heavy atom. The third-order valence-electron chi connectivity index (χ3n) is 5.53. The first kappa shape index (κ1) is 25.8. The Morgan fingerprint density at radius 1 is 1.05 bits per heavy atom. The maximum atomic E-state index is 14.6. The summed E-state index contributed by atoms with van der Waals surface area (Å²) in [4.78, 5) is 27.5. The average molecular weight is 522 g/mol. The second-order valence-electron chi connectivity index (χ2n) is 8.11. The molecule has 194 valence electrons. The van der Waals surface area contributed by atoms with E-state index in [9.17, 15) is 26.7 Å². The van der Waals surface area contributed by atoms with Crippen LogP contribution in [0.25, 0.3) is 16.4 Å². The molecular formula is C24H19F5N4O4. The van der Waals surface area contributed by atoms with Gasteiger partial charge < -0.3 is 14.7 Å². The van der Waals surface area contributed by atoms with E-state index in [0.717, 1.165) is 10.9 Å². The smallest absolute Gasteiger partial charge is 0.475 e. The van der Waals surface area contributed by atoms with Crippen LogP contribution in [0.2, 0.25) is 0 Å². The predicted molar refractivity (Wildman–Crippen MR) is 121 cm³/mol. The molecule has 1 aliphatic rings. The van der Waals surface area contributed by atoms with E-state index in [1.807, 2.05) is 30.3 Å². The fraction of sp³-hybridized carbons (Fsp3) is 0.250. The van der Waals surface area contributed by atoms with Crippen LogP contribution in [0.1, 0.15) is 16.9 Å². The quantitative estimate of drug-likeness (QED) is 0.400. The van der Waals surface area contributed by atoms with Gasteiger partial charge in [0.25, 0.3) is 11.8 Å². The SMILES string of the molecule is O=C(O)C(F)(F)F.O=C(c1cc2ccccn2n1)N1CCC(F)(F)[C@@H](Oc2ccc3ccccc3n2)C1. The molecule has 13 heteroatoms. The van der Waals surface area contributed by atoms with E-state index >= 15 is 0 Å². The van der Waals surface area contributed by atoms with Crippen molar-refractivity contribution in [3.63, 3.8) is 0 Å². The highest BCUT2D eigenvalue weighted by molar-refractivity contribution is 5.93. The number of hydrogen-bond donors (Lipinski definition) is 1. The van der Waals surface area contributed by atoms with E-state index in [1.165, 1.54) is 4.90 Å². The van der Waals surface area contributed by atoms with E-state index in [-0.39, 0.29) is 24.7 Å². The number of aliphatic carboxylic acids is 1. The molecule has 1 saturated heterocycles. The summed E-state index contributed by atoms with van der Waals surface area (Å²) in [6, 6.07) is 17.8. The molecule has 1 atom stereocenters. The highest BCUT2D eigenvalue weighted by Crippen LogP contribution is 2.32. The summed E-state index contributed by atoms with van der Waals surface area (Å²) < 4.78 is 68.0. The van der Waals surface area contributed by atoms with E-state index in [2.05, 4.69) is 10.1 Å². The number of amides is 1. The summed E-state index contributed by atoms with van der Waals surface area (Å²) in [7, 11) is 0. The lowest BCUT2D eigenvalue weighted by atomic mass is 10.0. The molecule has 1 fully saturated rings. The van der Waals surface area contributed by atoms with Gasteiger partial charge in [-0.15, -0.1) is 0 Å². The Bertz CT molecular complexity index is 1410. The molecular weight excluding hydrogens is 503 g/mol. The number of carbonyl (C=O) groups excluding carboxylic acids is 1. The second kappa shape index (κ2) is 9.99. The topological polar surface area (TPSA) is 97.0 Å². The number of rotatable bonds is 3. The number of ether oxygens (including phenoxy) is 1. The molecule has 4 heterocycles. The molecule has 0 bridgehead atoms. The van der Waals surface area contributed by atoms with Crippen LogP contribution in [0.5, 0.6) is 5.88 Å². The van der Waals surface area contributed by atoms with Gasteiger partial charge in [-0.1, -0.05) is 24.3 Å². The Balaban J connectivity index is 0.000000405. The van der Waals surface area contributed by atoms with Crippen molar-refractivity contribution in [2.75, 3.05) is 13.1 Å². The molecule has 1 amide bonds. The number of carboxylic acid groups (broad SMARTS) is 1. The normalized spacial score (nSPS) is 17.2. The number of halogens is 5. The monoisotopic (exact) mass is 522 g/mol. The third kappa shape index (κ3) is 5.93. The molecule has 37 heavy (non-hydrogen) atoms. The first-order valence-corrected chi connectivity index (χ1v) is 10.9. The minimum Gasteiger partial charge on any atom is -0.475 e. The fourth-order valence-corrected chi connectivity index (χ4v) is 3.64. The minimum absolute atomic E-state index is 0.0648. The van der Waals surface area contributed by atoms with E-state index in [1.54, 1.807) is 41.0 Å². The van der Waals surface area contributed by atoms with Gasteiger partial charge in [0.15, 0.2) is 11.8 Å². The molecule has 5 rings (SSSR count). The van der Waals surface area contributed by atoms with Crippen LogP contribution < -0.4 is 4.74 Å². The van der Waals surface area contributed by atoms with Crippen molar-refractivity contribution in [3.8, 4) is 5.88 Å². The summed E-state index contributed by atoms with van der Waals surface area (Å²) >= 11 is 0. The van der Waals surface area contributed by atoms with Crippen LogP contribution in [-0.4, -0.2) is 67.8 Å². The molecule has 1 aromatic carbocycles. The molecule has 3 aromatic heterocycles. The van der Waals surface area contributed by atoms with Crippen LogP contribution in [0.4, 0.5) is 22.0 Å². The number of alkyl halides is 5. The van der Waals surface area contributed by atoms with Gasteiger partial charge in [0.05, 0.1) is 17.6 Å². The number of aromatic nitrogens is 3. The number of nitrogens with zero attached hydrogens (tertiary/aromatic N) is 4. The zero-order chi connectivity index (χ0) is 26.8. The maximum Gasteiger partial charge on any atom is 0.490 e. The van der Waals surface area contributed by atoms with Gasteiger partial charge in [0.1, 0.15) is 0 Å². The van der Waals surface area contributed by atoms with Gasteiger partial charge in [0, 0.05) is 30.6 Å². The number of pyridine rings is 2. The first-order valence-electron chi connectivity index (χ1n) is 10.9. The summed E-state index contributed by atoms with van der Waals surface area (Å²) in [5, 5.41) is 12.3. The lowest BCUT2D eigenvalue weighted by molar-refractivity contribution is -0.192. The number of benzene rings is 1. The molecule has 0 unspecified atom stereocenters. The van der Waals surface area contributed by atoms with Crippen molar-refractivity contribution in [1.29, 1.82) is 0 Å². The fourth-order valence-electron chi connectivity index (χ4n) is 3.64. The van der Waals surface area contributed by atoms with Gasteiger partial charge in [-0.25, -0.2) is 23.1 Å². The number of piperidine rings is 1. The molecule has 1 N–H and O–H groups in total. The van der Waals surface area contributed by atoms with Gasteiger partial charge >= 0.3 is 12.1 Å². The second-order valence-corrected chi connectivity index (χ2v) is 8.11. The largest absolute Gasteiger partial charge is 0.490 e. The molecule has 0 spiro atoms. The maximum absolute atomic E-state index is 14.6. The van der Waals surface area contributed by atoms with Crippen LogP contribution in [-0.2, 0) is 4.79 Å². The number of carbonyl (C=O) groups is 2. The van der Waals surface area contributed by atoms with Gasteiger partial charge in [-0.3, -0.25) is 4.79 Å². The number of likely N-dealkylation sites (tertiary alicyclic amines) is 1. The highest BCUT2D eigenvalue weighted by Gasteiger charge is 2.47. The number of hydrogen-bond acceptors (Lipinski definition) is 5. The van der Waals surface area contributed by atoms with Crippen LogP contribution in [0, 0.1) is 0 Å². The third-order valence-corrected chi connectivity index (χ3v) is 5.53. The molecule has 1 aliphatic heterocycles. The average Bonchev–Trinajstić information content (AvgIpc) is 3.29. The summed E-state index contributed by atoms with van der Waals surface area (Å²) in [5.41, 5.74) is 1.64. The summed E-state index contributed by atoms with van der Waals surface area (Å²) in [6.07, 6.45) is -5.32. The molecule has 0 aliphatic carbocycles. The predicted octanol–water partition coefficient (Wildman–Crippen LogP) is 4.44. The lowest BCUT2D eigenvalue weighted by Gasteiger charge is -2.37. The van der Waals surface area contributed by atoms with Crippen molar-refractivity contribution in [3.05, 3.63) is 72.6 Å². The van der Waals surface area contributed by atoms with Crippen LogP contribution >= 0.6 is 0 Å². The molecule has 0 saturated carbocycles. The van der Waals surface area contributed by atoms with Crippen molar-refractivity contribution in [2.45, 2.75) is 24.6 Å². The van der Waals surface area contributed by atoms with Crippen molar-refractivity contribution in [1.82, 2.24) is 19.5 Å². The van der Waals surface area contributed by atoms with Gasteiger partial charge in [-0.05, 0) is 30.3 Å². The Labute approximate surface area is 205 Å². The molecule has 8 nitrogen and oxygen atoms in total. The molecule has 4 aromatic rings. The number of fused-ring (bicyclic) bond motifs is 2. The molecule has 0 radical (unpaired) electrons. The Morgan fingerprint density at radius 2 is 1.76 bits per heavy atom.